The van der Waals surface area contributed by atoms with Crippen LogP contribution < -0.4 is 4.90 Å². The Balaban J connectivity index is 1.62. The summed E-state index contributed by atoms with van der Waals surface area (Å²) in [7, 11) is 0. The van der Waals surface area contributed by atoms with Gasteiger partial charge in [0.2, 0.25) is 0 Å². The molecule has 0 bridgehead atoms. The Kier molecular flexibility index (Phi) is 3.63. The van der Waals surface area contributed by atoms with Crippen LogP contribution >= 0.6 is 0 Å². The van der Waals surface area contributed by atoms with Crippen LogP contribution in [0, 0.1) is 5.92 Å². The molecule has 1 saturated carbocycles. The van der Waals surface area contributed by atoms with Gasteiger partial charge in [-0.25, -0.2) is 0 Å². The topological polar surface area (TPSA) is 6.48 Å². The van der Waals surface area contributed by atoms with E-state index in [9.17, 15) is 13.2 Å². The third-order valence-corrected chi connectivity index (χ3v) is 4.12. The number of benzene rings is 1. The van der Waals surface area contributed by atoms with Crippen molar-refractivity contribution in [3.63, 3.8) is 0 Å². The Morgan fingerprint density at radius 2 is 1.75 bits per heavy atom. The van der Waals surface area contributed by atoms with Gasteiger partial charge < -0.3 is 4.90 Å². The fourth-order valence-corrected chi connectivity index (χ4v) is 2.73. The Hall–Kier alpha value is -1.23. The molecule has 2 aliphatic rings. The van der Waals surface area contributed by atoms with Crippen LogP contribution in [0.3, 0.4) is 0 Å². The summed E-state index contributed by atoms with van der Waals surface area (Å²) in [5.41, 5.74) is 0.126. The van der Waals surface area contributed by atoms with Gasteiger partial charge in [0, 0.05) is 38.4 Å². The van der Waals surface area contributed by atoms with Gasteiger partial charge in [0.25, 0.3) is 0 Å². The van der Waals surface area contributed by atoms with E-state index in [1.54, 1.807) is 6.07 Å². The van der Waals surface area contributed by atoms with Gasteiger partial charge in [0.15, 0.2) is 0 Å². The molecule has 3 rings (SSSR count). The Bertz CT molecular complexity index is 460. The second kappa shape index (κ2) is 5.28. The number of halogens is 3. The van der Waals surface area contributed by atoms with Crippen molar-refractivity contribution in [3.8, 4) is 0 Å². The normalized spacial score (nSPS) is 21.2. The van der Waals surface area contributed by atoms with Crippen LogP contribution in [0.5, 0.6) is 0 Å². The highest BCUT2D eigenvalue weighted by atomic mass is 19.4. The van der Waals surface area contributed by atoms with Crippen molar-refractivity contribution in [2.75, 3.05) is 37.6 Å². The molecule has 1 aromatic rings. The number of alkyl halides is 3. The van der Waals surface area contributed by atoms with Crippen molar-refractivity contribution in [2.24, 2.45) is 5.92 Å². The molecule has 0 aromatic heterocycles. The molecule has 2 nitrogen and oxygen atoms in total. The first-order chi connectivity index (χ1) is 9.52. The van der Waals surface area contributed by atoms with Crippen molar-refractivity contribution >= 4 is 5.69 Å². The SMILES string of the molecule is FC(F)(F)c1cccc(N2CCN(CC3CC3)CC2)c1. The van der Waals surface area contributed by atoms with Gasteiger partial charge in [-0.1, -0.05) is 6.07 Å². The minimum absolute atomic E-state index is 0.560. The van der Waals surface area contributed by atoms with Gasteiger partial charge >= 0.3 is 6.18 Å². The predicted octanol–water partition coefficient (Wildman–Crippen LogP) is 3.24. The average molecular weight is 284 g/mol. The molecule has 0 spiro atoms. The molecule has 0 radical (unpaired) electrons. The molecular formula is C15H19F3N2. The van der Waals surface area contributed by atoms with Gasteiger partial charge in [-0.05, 0) is 37.0 Å². The highest BCUT2D eigenvalue weighted by molar-refractivity contribution is 5.49. The Morgan fingerprint density at radius 3 is 2.35 bits per heavy atom. The fourth-order valence-electron chi connectivity index (χ4n) is 2.73. The van der Waals surface area contributed by atoms with Crippen molar-refractivity contribution in [1.82, 2.24) is 4.90 Å². The molecule has 1 heterocycles. The highest BCUT2D eigenvalue weighted by Gasteiger charge is 2.31. The molecule has 0 atom stereocenters. The Morgan fingerprint density at radius 1 is 1.05 bits per heavy atom. The summed E-state index contributed by atoms with van der Waals surface area (Å²) in [5, 5.41) is 0. The zero-order valence-corrected chi connectivity index (χ0v) is 11.4. The summed E-state index contributed by atoms with van der Waals surface area (Å²) < 4.78 is 38.2. The molecule has 1 saturated heterocycles. The number of hydrogen-bond donors (Lipinski definition) is 0. The summed E-state index contributed by atoms with van der Waals surface area (Å²) in [6.45, 7) is 4.69. The van der Waals surface area contributed by atoms with E-state index in [1.807, 2.05) is 0 Å². The van der Waals surface area contributed by atoms with Crippen LogP contribution in [-0.4, -0.2) is 37.6 Å². The zero-order chi connectivity index (χ0) is 14.2. The van der Waals surface area contributed by atoms with Crippen LogP contribution in [0.15, 0.2) is 24.3 Å². The smallest absolute Gasteiger partial charge is 0.369 e. The minimum atomic E-state index is -4.26. The van der Waals surface area contributed by atoms with Gasteiger partial charge in [-0.3, -0.25) is 4.90 Å². The molecule has 1 aliphatic heterocycles. The predicted molar refractivity (Wildman–Crippen MR) is 72.8 cm³/mol. The lowest BCUT2D eigenvalue weighted by Gasteiger charge is -2.36. The third-order valence-electron chi connectivity index (χ3n) is 4.12. The second-order valence-corrected chi connectivity index (χ2v) is 5.78. The summed E-state index contributed by atoms with van der Waals surface area (Å²) in [6, 6.07) is 5.66. The van der Waals surface area contributed by atoms with Crippen LogP contribution in [0.1, 0.15) is 18.4 Å². The van der Waals surface area contributed by atoms with E-state index < -0.39 is 11.7 Å². The summed E-state index contributed by atoms with van der Waals surface area (Å²) in [5.74, 6) is 0.870. The fraction of sp³-hybridized carbons (Fsp3) is 0.600. The van der Waals surface area contributed by atoms with E-state index in [-0.39, 0.29) is 0 Å². The Labute approximate surface area is 117 Å². The number of rotatable bonds is 3. The summed E-state index contributed by atoms with van der Waals surface area (Å²) in [6.07, 6.45) is -1.58. The van der Waals surface area contributed by atoms with Crippen LogP contribution in [0.2, 0.25) is 0 Å². The summed E-state index contributed by atoms with van der Waals surface area (Å²) in [4.78, 5) is 4.49. The van der Waals surface area contributed by atoms with E-state index in [0.717, 1.165) is 44.7 Å². The number of hydrogen-bond acceptors (Lipinski definition) is 2. The van der Waals surface area contributed by atoms with Crippen molar-refractivity contribution in [3.05, 3.63) is 29.8 Å². The van der Waals surface area contributed by atoms with Gasteiger partial charge in [0.05, 0.1) is 5.56 Å². The first-order valence-electron chi connectivity index (χ1n) is 7.17. The number of nitrogens with zero attached hydrogens (tertiary/aromatic N) is 2. The monoisotopic (exact) mass is 284 g/mol. The molecular weight excluding hydrogens is 265 g/mol. The van der Waals surface area contributed by atoms with Crippen LogP contribution in [-0.2, 0) is 6.18 Å². The average Bonchev–Trinajstić information content (AvgIpc) is 3.23. The van der Waals surface area contributed by atoms with E-state index in [0.29, 0.717) is 5.69 Å². The van der Waals surface area contributed by atoms with E-state index in [4.69, 9.17) is 0 Å². The minimum Gasteiger partial charge on any atom is -0.369 e. The lowest BCUT2D eigenvalue weighted by atomic mass is 10.1. The molecule has 110 valence electrons. The van der Waals surface area contributed by atoms with Crippen LogP contribution in [0.4, 0.5) is 18.9 Å². The quantitative estimate of drug-likeness (QED) is 0.841. The van der Waals surface area contributed by atoms with Crippen LogP contribution in [0.25, 0.3) is 0 Å². The molecule has 0 unspecified atom stereocenters. The van der Waals surface area contributed by atoms with E-state index in [2.05, 4.69) is 9.80 Å². The first-order valence-corrected chi connectivity index (χ1v) is 7.17. The van der Waals surface area contributed by atoms with Crippen molar-refractivity contribution < 1.29 is 13.2 Å². The maximum absolute atomic E-state index is 12.7. The maximum atomic E-state index is 12.7. The largest absolute Gasteiger partial charge is 0.416 e. The molecule has 0 N–H and O–H groups in total. The number of piperazine rings is 1. The highest BCUT2D eigenvalue weighted by Crippen LogP contribution is 2.32. The number of anilines is 1. The molecule has 20 heavy (non-hydrogen) atoms. The van der Waals surface area contributed by atoms with Gasteiger partial charge in [0.1, 0.15) is 0 Å². The van der Waals surface area contributed by atoms with Crippen molar-refractivity contribution in [2.45, 2.75) is 19.0 Å². The third kappa shape index (κ3) is 3.26. The second-order valence-electron chi connectivity index (χ2n) is 5.78. The maximum Gasteiger partial charge on any atom is 0.416 e. The molecule has 2 fully saturated rings. The standard InChI is InChI=1S/C15H19F3N2/c16-15(17,18)13-2-1-3-14(10-13)20-8-6-19(7-9-20)11-12-4-5-12/h1-3,10,12H,4-9,11H2. The molecule has 0 amide bonds. The van der Waals surface area contributed by atoms with Crippen molar-refractivity contribution in [1.29, 1.82) is 0 Å². The van der Waals surface area contributed by atoms with Gasteiger partial charge in [-0.15, -0.1) is 0 Å². The van der Waals surface area contributed by atoms with E-state index in [1.165, 1.54) is 25.0 Å². The van der Waals surface area contributed by atoms with Gasteiger partial charge in [-0.2, -0.15) is 13.2 Å². The molecule has 5 heteroatoms. The summed E-state index contributed by atoms with van der Waals surface area (Å²) >= 11 is 0. The van der Waals surface area contributed by atoms with E-state index >= 15 is 0 Å². The zero-order valence-electron chi connectivity index (χ0n) is 11.4. The first kappa shape index (κ1) is 13.7. The lowest BCUT2D eigenvalue weighted by molar-refractivity contribution is -0.137. The lowest BCUT2D eigenvalue weighted by Crippen LogP contribution is -2.47. The molecule has 1 aliphatic carbocycles. The molecule has 1 aromatic carbocycles.